The molecule has 0 heterocycles. The van der Waals surface area contributed by atoms with Crippen molar-refractivity contribution in [3.05, 3.63) is 18.4 Å². The molecular weight excluding hydrogens is 180 g/mol. The highest BCUT2D eigenvalue weighted by atomic mass is 14.1. The Morgan fingerprint density at radius 1 is 1.07 bits per heavy atom. The summed E-state index contributed by atoms with van der Waals surface area (Å²) >= 11 is 0. The van der Waals surface area contributed by atoms with Crippen LogP contribution in [0.1, 0.15) is 71.6 Å². The molecule has 0 saturated carbocycles. The zero-order valence-corrected chi connectivity index (χ0v) is 10.7. The first-order chi connectivity index (χ1) is 7.35. The summed E-state index contributed by atoms with van der Waals surface area (Å²) in [6.07, 6.45) is 14.3. The predicted octanol–water partition coefficient (Wildman–Crippen LogP) is 5.49. The van der Waals surface area contributed by atoms with Gasteiger partial charge in [-0.15, -0.1) is 5.73 Å². The maximum Gasteiger partial charge on any atom is -0.0275 e. The van der Waals surface area contributed by atoms with Crippen LogP contribution in [-0.4, -0.2) is 0 Å². The highest BCUT2D eigenvalue weighted by Gasteiger charge is 2.04. The van der Waals surface area contributed by atoms with E-state index in [9.17, 15) is 0 Å². The predicted molar refractivity (Wildman–Crippen MR) is 70.1 cm³/mol. The molecule has 0 nitrogen and oxygen atoms in total. The van der Waals surface area contributed by atoms with Gasteiger partial charge < -0.3 is 0 Å². The highest BCUT2D eigenvalue weighted by molar-refractivity contribution is 4.75. The number of hydrogen-bond donors (Lipinski definition) is 0. The fourth-order valence-corrected chi connectivity index (χ4v) is 2.02. The fraction of sp³-hybridized carbons (Fsp3) is 0.800. The second kappa shape index (κ2) is 11.6. The minimum Gasteiger partial charge on any atom is -0.133 e. The van der Waals surface area contributed by atoms with Gasteiger partial charge >= 0.3 is 0 Å². The molecule has 0 N–H and O–H groups in total. The van der Waals surface area contributed by atoms with Gasteiger partial charge in [0.1, 0.15) is 0 Å². The van der Waals surface area contributed by atoms with Crippen molar-refractivity contribution in [2.24, 2.45) is 5.92 Å². The summed E-state index contributed by atoms with van der Waals surface area (Å²) in [4.78, 5) is 0. The third-order valence-electron chi connectivity index (χ3n) is 3.15. The monoisotopic (exact) mass is 208 g/mol. The zero-order valence-electron chi connectivity index (χ0n) is 10.7. The third kappa shape index (κ3) is 9.82. The van der Waals surface area contributed by atoms with Gasteiger partial charge in [0.15, 0.2) is 0 Å². The molecule has 0 aliphatic rings. The van der Waals surface area contributed by atoms with Crippen LogP contribution in [0.5, 0.6) is 0 Å². The van der Waals surface area contributed by atoms with Crippen LogP contribution in [0, 0.1) is 5.92 Å². The van der Waals surface area contributed by atoms with Gasteiger partial charge in [0.25, 0.3) is 0 Å². The topological polar surface area (TPSA) is 0 Å². The number of hydrogen-bond acceptors (Lipinski definition) is 0. The first kappa shape index (κ1) is 14.5. The fourth-order valence-electron chi connectivity index (χ4n) is 2.02. The van der Waals surface area contributed by atoms with E-state index in [0.717, 1.165) is 12.3 Å². The molecule has 0 radical (unpaired) electrons. The van der Waals surface area contributed by atoms with Crippen LogP contribution in [0.4, 0.5) is 0 Å². The molecule has 0 aliphatic carbocycles. The summed E-state index contributed by atoms with van der Waals surface area (Å²) in [5.74, 6) is 0.976. The van der Waals surface area contributed by atoms with E-state index in [0.29, 0.717) is 0 Å². The lowest BCUT2D eigenvalue weighted by Crippen LogP contribution is -1.98. The van der Waals surface area contributed by atoms with Crippen molar-refractivity contribution in [1.82, 2.24) is 0 Å². The van der Waals surface area contributed by atoms with Crippen LogP contribution in [0.2, 0.25) is 0 Å². The van der Waals surface area contributed by atoms with E-state index in [1.165, 1.54) is 51.4 Å². The van der Waals surface area contributed by atoms with E-state index in [1.807, 2.05) is 0 Å². The van der Waals surface area contributed by atoms with Crippen LogP contribution in [0.15, 0.2) is 18.4 Å². The first-order valence-corrected chi connectivity index (χ1v) is 6.69. The van der Waals surface area contributed by atoms with Crippen LogP contribution in [0.3, 0.4) is 0 Å². The lowest BCUT2D eigenvalue weighted by molar-refractivity contribution is 0.401. The Kier molecular flexibility index (Phi) is 11.2. The van der Waals surface area contributed by atoms with Crippen molar-refractivity contribution in [3.63, 3.8) is 0 Å². The lowest BCUT2D eigenvalue weighted by Gasteiger charge is -2.13. The van der Waals surface area contributed by atoms with E-state index in [-0.39, 0.29) is 0 Å². The maximum absolute atomic E-state index is 3.58. The Balaban J connectivity index is 3.39. The highest BCUT2D eigenvalue weighted by Crippen LogP contribution is 2.20. The van der Waals surface area contributed by atoms with Gasteiger partial charge in [-0.05, 0) is 24.8 Å². The standard InChI is InChI=1S/C15H28/c1-4-7-9-10-12-14-15(6-3)13-11-8-5-2/h7,15H,1,5-6,8-14H2,2-3H3. The molecule has 0 saturated heterocycles. The van der Waals surface area contributed by atoms with E-state index < -0.39 is 0 Å². The molecule has 15 heavy (non-hydrogen) atoms. The number of rotatable bonds is 10. The maximum atomic E-state index is 3.58. The molecule has 0 amide bonds. The van der Waals surface area contributed by atoms with Crippen LogP contribution >= 0.6 is 0 Å². The van der Waals surface area contributed by atoms with Gasteiger partial charge in [-0.25, -0.2) is 0 Å². The summed E-state index contributed by atoms with van der Waals surface area (Å²) in [7, 11) is 0. The van der Waals surface area contributed by atoms with E-state index in [4.69, 9.17) is 0 Å². The molecule has 0 bridgehead atoms. The molecule has 0 rings (SSSR count). The van der Waals surface area contributed by atoms with Crippen molar-refractivity contribution in [2.45, 2.75) is 71.6 Å². The SMILES string of the molecule is C=C=CCCCCC(CC)CCCCC. The molecular formula is C15H28. The van der Waals surface area contributed by atoms with E-state index in [1.54, 1.807) is 0 Å². The van der Waals surface area contributed by atoms with Crippen LogP contribution in [0.25, 0.3) is 0 Å². The van der Waals surface area contributed by atoms with Gasteiger partial charge in [-0.1, -0.05) is 65.4 Å². The van der Waals surface area contributed by atoms with Gasteiger partial charge in [-0.2, -0.15) is 0 Å². The summed E-state index contributed by atoms with van der Waals surface area (Å²) in [5.41, 5.74) is 2.84. The second-order valence-electron chi connectivity index (χ2n) is 4.46. The summed E-state index contributed by atoms with van der Waals surface area (Å²) in [5, 5.41) is 0. The van der Waals surface area contributed by atoms with Gasteiger partial charge in [0.05, 0.1) is 0 Å². The van der Waals surface area contributed by atoms with Crippen LogP contribution in [-0.2, 0) is 0 Å². The quantitative estimate of drug-likeness (QED) is 0.329. The Morgan fingerprint density at radius 2 is 1.73 bits per heavy atom. The second-order valence-corrected chi connectivity index (χ2v) is 4.46. The molecule has 0 fully saturated rings. The Bertz CT molecular complexity index is 163. The van der Waals surface area contributed by atoms with Crippen molar-refractivity contribution in [3.8, 4) is 0 Å². The largest absolute Gasteiger partial charge is 0.133 e. The molecule has 1 unspecified atom stereocenters. The molecule has 0 aliphatic heterocycles. The molecule has 88 valence electrons. The summed E-state index contributed by atoms with van der Waals surface area (Å²) < 4.78 is 0. The molecule has 0 spiro atoms. The minimum absolute atomic E-state index is 0.976. The Morgan fingerprint density at radius 3 is 2.27 bits per heavy atom. The smallest absolute Gasteiger partial charge is 0.0275 e. The minimum atomic E-state index is 0.976. The Hall–Kier alpha value is -0.480. The van der Waals surface area contributed by atoms with Crippen molar-refractivity contribution < 1.29 is 0 Å². The number of unbranched alkanes of at least 4 members (excludes halogenated alkanes) is 4. The van der Waals surface area contributed by atoms with E-state index in [2.05, 4.69) is 32.2 Å². The van der Waals surface area contributed by atoms with Crippen molar-refractivity contribution in [1.29, 1.82) is 0 Å². The van der Waals surface area contributed by atoms with Gasteiger partial charge in [-0.3, -0.25) is 0 Å². The van der Waals surface area contributed by atoms with Crippen molar-refractivity contribution >= 4 is 0 Å². The van der Waals surface area contributed by atoms with Crippen LogP contribution < -0.4 is 0 Å². The molecule has 1 atom stereocenters. The van der Waals surface area contributed by atoms with Gasteiger partial charge in [0.2, 0.25) is 0 Å². The van der Waals surface area contributed by atoms with Crippen molar-refractivity contribution in [2.75, 3.05) is 0 Å². The normalized spacial score (nSPS) is 12.1. The first-order valence-electron chi connectivity index (χ1n) is 6.69. The van der Waals surface area contributed by atoms with E-state index >= 15 is 0 Å². The molecule has 0 aromatic carbocycles. The average Bonchev–Trinajstić information content (AvgIpc) is 2.26. The molecule has 0 heteroatoms. The lowest BCUT2D eigenvalue weighted by atomic mass is 9.93. The summed E-state index contributed by atoms with van der Waals surface area (Å²) in [6, 6.07) is 0. The van der Waals surface area contributed by atoms with Gasteiger partial charge in [0, 0.05) is 0 Å². The average molecular weight is 208 g/mol. The summed E-state index contributed by atoms with van der Waals surface area (Å²) in [6.45, 7) is 8.19. The molecule has 0 aromatic rings. The third-order valence-corrected chi connectivity index (χ3v) is 3.15. The number of allylic oxidation sites excluding steroid dienone is 1. The zero-order chi connectivity index (χ0) is 11.4. The Labute approximate surface area is 96.5 Å². The molecule has 0 aromatic heterocycles.